The van der Waals surface area contributed by atoms with E-state index in [4.69, 9.17) is 8.83 Å². The Morgan fingerprint density at radius 1 is 1.06 bits per heavy atom. The number of nitrogens with one attached hydrogen (secondary N) is 1. The fourth-order valence-electron chi connectivity index (χ4n) is 3.79. The lowest BCUT2D eigenvalue weighted by Gasteiger charge is -2.33. The van der Waals surface area contributed by atoms with Crippen LogP contribution < -0.4 is 5.32 Å². The predicted octanol–water partition coefficient (Wildman–Crippen LogP) is 3.99. The van der Waals surface area contributed by atoms with Gasteiger partial charge in [0, 0.05) is 6.54 Å². The molecule has 0 saturated heterocycles. The highest BCUT2D eigenvalue weighted by Gasteiger charge is 2.37. The molecule has 0 bridgehead atoms. The van der Waals surface area contributed by atoms with Crippen molar-refractivity contribution in [2.45, 2.75) is 19.0 Å². The summed E-state index contributed by atoms with van der Waals surface area (Å²) in [4.78, 5) is 18.5. The number of fused-ring (bicyclic) bond motifs is 1. The molecule has 0 fully saturated rings. The van der Waals surface area contributed by atoms with Crippen molar-refractivity contribution in [3.8, 4) is 22.1 Å². The Bertz CT molecular complexity index is 1310. The SMILES string of the molecule is CS(=O)(=O)N1Cc2ccccc2CC1C(=O)Nc1nc(-c2ccco2)c(-c2ccco2)s1. The molecule has 1 aromatic carbocycles. The van der Waals surface area contributed by atoms with Crippen LogP contribution in [0, 0.1) is 0 Å². The van der Waals surface area contributed by atoms with Crippen molar-refractivity contribution in [1.29, 1.82) is 0 Å². The zero-order valence-corrected chi connectivity index (χ0v) is 18.7. The van der Waals surface area contributed by atoms with E-state index in [0.717, 1.165) is 17.4 Å². The largest absolute Gasteiger partial charge is 0.463 e. The molecule has 164 valence electrons. The number of sulfonamides is 1. The minimum Gasteiger partial charge on any atom is -0.463 e. The summed E-state index contributed by atoms with van der Waals surface area (Å²) in [7, 11) is -3.60. The smallest absolute Gasteiger partial charge is 0.244 e. The lowest BCUT2D eigenvalue weighted by molar-refractivity contribution is -0.120. The number of hydrogen-bond donors (Lipinski definition) is 1. The summed E-state index contributed by atoms with van der Waals surface area (Å²) in [6, 6.07) is 13.8. The molecule has 1 N–H and O–H groups in total. The summed E-state index contributed by atoms with van der Waals surface area (Å²) in [5.74, 6) is 0.701. The first-order valence-electron chi connectivity index (χ1n) is 9.83. The average molecular weight is 470 g/mol. The van der Waals surface area contributed by atoms with Crippen molar-refractivity contribution in [1.82, 2.24) is 9.29 Å². The Hall–Kier alpha value is -3.21. The maximum atomic E-state index is 13.2. The molecule has 0 radical (unpaired) electrons. The number of carbonyl (C=O) groups excluding carboxylic acids is 1. The van der Waals surface area contributed by atoms with Gasteiger partial charge in [-0.1, -0.05) is 35.6 Å². The van der Waals surface area contributed by atoms with Crippen LogP contribution in [0.1, 0.15) is 11.1 Å². The first-order chi connectivity index (χ1) is 15.4. The number of anilines is 1. The summed E-state index contributed by atoms with van der Waals surface area (Å²) in [6.07, 6.45) is 4.51. The van der Waals surface area contributed by atoms with Gasteiger partial charge in [-0.25, -0.2) is 13.4 Å². The number of hydrogen-bond acceptors (Lipinski definition) is 7. The Labute approximate surface area is 188 Å². The molecule has 4 aromatic rings. The van der Waals surface area contributed by atoms with Crippen LogP contribution in [0.25, 0.3) is 22.1 Å². The molecule has 10 heteroatoms. The second-order valence-electron chi connectivity index (χ2n) is 7.44. The minimum atomic E-state index is -3.60. The van der Waals surface area contributed by atoms with Crippen molar-refractivity contribution in [2.75, 3.05) is 11.6 Å². The van der Waals surface area contributed by atoms with E-state index in [2.05, 4.69) is 10.3 Å². The topological polar surface area (TPSA) is 106 Å². The Balaban J connectivity index is 1.47. The van der Waals surface area contributed by atoms with Gasteiger partial charge in [-0.15, -0.1) is 0 Å². The normalized spacial score (nSPS) is 16.6. The molecule has 0 aliphatic carbocycles. The summed E-state index contributed by atoms with van der Waals surface area (Å²) in [5.41, 5.74) is 2.40. The number of rotatable bonds is 5. The van der Waals surface area contributed by atoms with E-state index in [1.54, 1.807) is 36.8 Å². The number of aromatic nitrogens is 1. The van der Waals surface area contributed by atoms with Crippen molar-refractivity contribution >= 4 is 32.4 Å². The lowest BCUT2D eigenvalue weighted by Crippen LogP contribution is -2.50. The van der Waals surface area contributed by atoms with Crippen LogP contribution >= 0.6 is 11.3 Å². The summed E-state index contributed by atoms with van der Waals surface area (Å²) in [6.45, 7) is 0.153. The van der Waals surface area contributed by atoms with E-state index in [0.29, 0.717) is 27.2 Å². The molecular weight excluding hydrogens is 450 g/mol. The van der Waals surface area contributed by atoms with Crippen molar-refractivity contribution in [2.24, 2.45) is 0 Å². The highest BCUT2D eigenvalue weighted by Crippen LogP contribution is 2.39. The molecule has 3 aromatic heterocycles. The fraction of sp³-hybridized carbons (Fsp3) is 0.182. The van der Waals surface area contributed by atoms with Crippen LogP contribution in [-0.4, -0.2) is 35.9 Å². The first kappa shape index (κ1) is 20.7. The van der Waals surface area contributed by atoms with E-state index in [1.807, 2.05) is 24.3 Å². The van der Waals surface area contributed by atoms with Crippen LogP contribution in [0.4, 0.5) is 5.13 Å². The Kier molecular flexibility index (Phi) is 5.20. The maximum absolute atomic E-state index is 13.2. The number of amides is 1. The number of furan rings is 2. The first-order valence-corrected chi connectivity index (χ1v) is 12.5. The molecular formula is C22H19N3O5S2. The molecule has 8 nitrogen and oxygen atoms in total. The fourth-order valence-corrected chi connectivity index (χ4v) is 5.74. The quantitative estimate of drug-likeness (QED) is 0.474. The van der Waals surface area contributed by atoms with Gasteiger partial charge < -0.3 is 14.2 Å². The molecule has 1 aliphatic heterocycles. The van der Waals surface area contributed by atoms with Crippen LogP contribution in [0.2, 0.25) is 0 Å². The van der Waals surface area contributed by atoms with Gasteiger partial charge in [-0.05, 0) is 41.8 Å². The van der Waals surface area contributed by atoms with Crippen molar-refractivity contribution in [3.63, 3.8) is 0 Å². The van der Waals surface area contributed by atoms with Crippen molar-refractivity contribution < 1.29 is 22.0 Å². The number of carbonyl (C=O) groups is 1. The number of nitrogens with zero attached hydrogens (tertiary/aromatic N) is 2. The van der Waals surface area contributed by atoms with E-state index in [9.17, 15) is 13.2 Å². The zero-order valence-electron chi connectivity index (χ0n) is 17.0. The molecule has 1 unspecified atom stereocenters. The summed E-state index contributed by atoms with van der Waals surface area (Å²) in [5, 5.41) is 3.14. The van der Waals surface area contributed by atoms with Crippen LogP contribution in [0.15, 0.2) is 69.9 Å². The van der Waals surface area contributed by atoms with E-state index < -0.39 is 22.0 Å². The number of benzene rings is 1. The number of thiazole rings is 1. The van der Waals surface area contributed by atoms with Gasteiger partial charge in [0.25, 0.3) is 0 Å². The van der Waals surface area contributed by atoms with E-state index in [1.165, 1.54) is 15.6 Å². The Morgan fingerprint density at radius 3 is 2.41 bits per heavy atom. The third-order valence-electron chi connectivity index (χ3n) is 5.29. The molecule has 1 amide bonds. The van der Waals surface area contributed by atoms with Crippen LogP contribution in [-0.2, 0) is 27.8 Å². The zero-order chi connectivity index (χ0) is 22.3. The molecule has 5 rings (SSSR count). The molecule has 4 heterocycles. The van der Waals surface area contributed by atoms with Gasteiger partial charge in [-0.3, -0.25) is 4.79 Å². The second-order valence-corrected chi connectivity index (χ2v) is 10.4. The average Bonchev–Trinajstić information content (AvgIpc) is 3.52. The van der Waals surface area contributed by atoms with Crippen molar-refractivity contribution in [3.05, 3.63) is 72.2 Å². The molecule has 0 spiro atoms. The standard InChI is InChI=1S/C22H19N3O5S2/c1-32(27,28)25-13-15-7-3-2-6-14(15)12-16(25)21(26)24-22-23-19(17-8-4-10-29-17)20(31-22)18-9-5-11-30-18/h2-11,16H,12-13H2,1H3,(H,23,24,26). The minimum absolute atomic E-state index is 0.153. The monoisotopic (exact) mass is 469 g/mol. The lowest BCUT2D eigenvalue weighted by atomic mass is 9.95. The Morgan fingerprint density at radius 2 is 1.75 bits per heavy atom. The van der Waals surface area contributed by atoms with Gasteiger partial charge in [0.05, 0.1) is 18.8 Å². The summed E-state index contributed by atoms with van der Waals surface area (Å²) >= 11 is 1.24. The third-order valence-corrected chi connectivity index (χ3v) is 7.51. The predicted molar refractivity (Wildman–Crippen MR) is 120 cm³/mol. The van der Waals surface area contributed by atoms with Gasteiger partial charge in [-0.2, -0.15) is 4.31 Å². The second kappa shape index (κ2) is 8.05. The van der Waals surface area contributed by atoms with Crippen LogP contribution in [0.3, 0.4) is 0 Å². The van der Waals surface area contributed by atoms with Gasteiger partial charge in [0.15, 0.2) is 10.9 Å². The molecule has 0 saturated carbocycles. The van der Waals surface area contributed by atoms with E-state index >= 15 is 0 Å². The van der Waals surface area contributed by atoms with Gasteiger partial charge in [0.2, 0.25) is 15.9 Å². The third kappa shape index (κ3) is 3.88. The maximum Gasteiger partial charge on any atom is 0.244 e. The molecule has 1 aliphatic rings. The van der Waals surface area contributed by atoms with E-state index in [-0.39, 0.29) is 13.0 Å². The highest BCUT2D eigenvalue weighted by atomic mass is 32.2. The van der Waals surface area contributed by atoms with Gasteiger partial charge in [0.1, 0.15) is 22.4 Å². The van der Waals surface area contributed by atoms with Crippen LogP contribution in [0.5, 0.6) is 0 Å². The molecule has 32 heavy (non-hydrogen) atoms. The summed E-state index contributed by atoms with van der Waals surface area (Å²) < 4.78 is 37.1. The van der Waals surface area contributed by atoms with Gasteiger partial charge >= 0.3 is 0 Å². The highest BCUT2D eigenvalue weighted by molar-refractivity contribution is 7.88. The molecule has 1 atom stereocenters.